The highest BCUT2D eigenvalue weighted by atomic mass is 19.1. The number of methoxy groups -OCH3 is 1. The summed E-state index contributed by atoms with van der Waals surface area (Å²) in [6.45, 7) is 2.85. The topological polar surface area (TPSA) is 113 Å². The lowest BCUT2D eigenvalue weighted by Gasteiger charge is -2.41. The predicted molar refractivity (Wildman–Crippen MR) is 126 cm³/mol. The van der Waals surface area contributed by atoms with E-state index in [2.05, 4.69) is 4.74 Å². The van der Waals surface area contributed by atoms with Gasteiger partial charge in [-0.15, -0.1) is 0 Å². The molecule has 3 rings (SSSR count). The van der Waals surface area contributed by atoms with Crippen molar-refractivity contribution in [2.45, 2.75) is 89.3 Å². The van der Waals surface area contributed by atoms with Crippen molar-refractivity contribution in [3.63, 3.8) is 0 Å². The first-order chi connectivity index (χ1) is 16.9. The van der Waals surface area contributed by atoms with E-state index in [0.29, 0.717) is 18.4 Å². The highest BCUT2D eigenvalue weighted by Gasteiger charge is 2.47. The Balaban J connectivity index is 1.66. The zero-order valence-corrected chi connectivity index (χ0v) is 21.0. The standard InChI is InChI=1S/C27H33FO8/c1-26(2,23(31)13-19(29)14-24(32)34-3)35-22-9-8-17(12-21(22)28)10-11-27(18-6-4-5-7-18)16-20(30)15-25(33)36-27/h8-9,12,18H,4-7,10-11,13-16H2,1-3H3. The minimum absolute atomic E-state index is 0.117. The third-order valence-electron chi connectivity index (χ3n) is 7.05. The van der Waals surface area contributed by atoms with E-state index < -0.39 is 53.4 Å². The SMILES string of the molecule is COC(=O)CC(=O)CC(=O)C(C)(C)Oc1ccc(CCC2(C3CCCC3)CC(=O)CC(=O)O2)cc1F. The van der Waals surface area contributed by atoms with Crippen LogP contribution in [0.5, 0.6) is 5.75 Å². The molecule has 0 N–H and O–H groups in total. The summed E-state index contributed by atoms with van der Waals surface area (Å²) in [5.74, 6) is -3.28. The number of rotatable bonds is 11. The Morgan fingerprint density at radius 3 is 2.44 bits per heavy atom. The van der Waals surface area contributed by atoms with Crippen LogP contribution in [-0.4, -0.2) is 47.6 Å². The highest BCUT2D eigenvalue weighted by molar-refractivity contribution is 6.07. The number of ether oxygens (including phenoxy) is 3. The molecule has 0 radical (unpaired) electrons. The molecule has 0 amide bonds. The second kappa shape index (κ2) is 11.3. The Hall–Kier alpha value is -3.10. The molecule has 196 valence electrons. The van der Waals surface area contributed by atoms with Crippen LogP contribution in [0, 0.1) is 11.7 Å². The largest absolute Gasteiger partial charge is 0.477 e. The van der Waals surface area contributed by atoms with Crippen molar-refractivity contribution in [3.8, 4) is 5.75 Å². The van der Waals surface area contributed by atoms with E-state index in [1.54, 1.807) is 6.07 Å². The maximum Gasteiger partial charge on any atom is 0.313 e. The van der Waals surface area contributed by atoms with Crippen molar-refractivity contribution < 1.29 is 42.6 Å². The summed E-state index contributed by atoms with van der Waals surface area (Å²) in [5, 5.41) is 0. The van der Waals surface area contributed by atoms with Crippen molar-refractivity contribution >= 4 is 29.3 Å². The van der Waals surface area contributed by atoms with Crippen molar-refractivity contribution in [3.05, 3.63) is 29.6 Å². The van der Waals surface area contributed by atoms with Crippen LogP contribution in [-0.2, 0) is 39.9 Å². The maximum atomic E-state index is 14.9. The molecule has 36 heavy (non-hydrogen) atoms. The third kappa shape index (κ3) is 6.77. The van der Waals surface area contributed by atoms with Crippen molar-refractivity contribution in [1.29, 1.82) is 0 Å². The fraction of sp³-hybridized carbons (Fsp3) is 0.593. The Bertz CT molecular complexity index is 1020. The number of hydrogen-bond donors (Lipinski definition) is 0. The molecule has 1 aromatic carbocycles. The van der Waals surface area contributed by atoms with Crippen molar-refractivity contribution in [1.82, 2.24) is 0 Å². The van der Waals surface area contributed by atoms with E-state index in [0.717, 1.165) is 32.8 Å². The van der Waals surface area contributed by atoms with Gasteiger partial charge in [0.2, 0.25) is 0 Å². The molecule has 1 unspecified atom stereocenters. The number of cyclic esters (lactones) is 1. The molecule has 1 atom stereocenters. The minimum Gasteiger partial charge on any atom is -0.477 e. The van der Waals surface area contributed by atoms with E-state index in [1.165, 1.54) is 26.0 Å². The molecule has 1 saturated carbocycles. The van der Waals surface area contributed by atoms with E-state index in [-0.39, 0.29) is 30.3 Å². The number of halogens is 1. The number of Topliss-reactive ketones (excluding diaryl/α,β-unsaturated/α-hetero) is 3. The Kier molecular flexibility index (Phi) is 8.63. The first kappa shape index (κ1) is 27.5. The zero-order valence-electron chi connectivity index (χ0n) is 21.0. The second-order valence-corrected chi connectivity index (χ2v) is 10.2. The molecule has 1 aliphatic carbocycles. The molecule has 1 heterocycles. The smallest absolute Gasteiger partial charge is 0.313 e. The first-order valence-electron chi connectivity index (χ1n) is 12.3. The van der Waals surface area contributed by atoms with Crippen LogP contribution in [0.15, 0.2) is 18.2 Å². The summed E-state index contributed by atoms with van der Waals surface area (Å²) in [6.07, 6.45) is 3.60. The fourth-order valence-corrected chi connectivity index (χ4v) is 5.04. The number of esters is 2. The normalized spacial score (nSPS) is 20.7. The Morgan fingerprint density at radius 1 is 1.14 bits per heavy atom. The fourth-order valence-electron chi connectivity index (χ4n) is 5.04. The molecule has 9 heteroatoms. The molecule has 0 aromatic heterocycles. The van der Waals surface area contributed by atoms with Gasteiger partial charge in [0, 0.05) is 6.42 Å². The molecule has 1 aromatic rings. The van der Waals surface area contributed by atoms with Crippen LogP contribution < -0.4 is 4.74 Å². The average Bonchev–Trinajstić information content (AvgIpc) is 3.34. The molecule has 1 saturated heterocycles. The summed E-state index contributed by atoms with van der Waals surface area (Å²) in [6, 6.07) is 4.37. The lowest BCUT2D eigenvalue weighted by molar-refractivity contribution is -0.178. The lowest BCUT2D eigenvalue weighted by atomic mass is 9.76. The van der Waals surface area contributed by atoms with Crippen LogP contribution in [0.2, 0.25) is 0 Å². The predicted octanol–water partition coefficient (Wildman–Crippen LogP) is 3.84. The second-order valence-electron chi connectivity index (χ2n) is 10.2. The maximum absolute atomic E-state index is 14.9. The first-order valence-corrected chi connectivity index (χ1v) is 12.3. The summed E-state index contributed by atoms with van der Waals surface area (Å²) < 4.78 is 30.7. The van der Waals surface area contributed by atoms with Crippen LogP contribution in [0.4, 0.5) is 4.39 Å². The summed E-state index contributed by atoms with van der Waals surface area (Å²) in [4.78, 5) is 60.0. The van der Waals surface area contributed by atoms with Gasteiger partial charge >= 0.3 is 11.9 Å². The van der Waals surface area contributed by atoms with Gasteiger partial charge in [-0.2, -0.15) is 0 Å². The van der Waals surface area contributed by atoms with E-state index in [1.807, 2.05) is 0 Å². The molecule has 0 bridgehead atoms. The minimum atomic E-state index is -1.50. The number of hydrogen-bond acceptors (Lipinski definition) is 8. The van der Waals surface area contributed by atoms with Gasteiger partial charge in [-0.25, -0.2) is 4.39 Å². The number of aryl methyl sites for hydroxylation is 1. The lowest BCUT2D eigenvalue weighted by Crippen LogP contribution is -2.48. The molecule has 2 aliphatic rings. The number of ketones is 3. The average molecular weight is 505 g/mol. The van der Waals surface area contributed by atoms with Gasteiger partial charge in [-0.3, -0.25) is 24.0 Å². The Morgan fingerprint density at radius 2 is 1.83 bits per heavy atom. The molecule has 1 aliphatic heterocycles. The summed E-state index contributed by atoms with van der Waals surface area (Å²) in [5.41, 5.74) is -1.71. The molecule has 8 nitrogen and oxygen atoms in total. The van der Waals surface area contributed by atoms with Gasteiger partial charge in [-0.1, -0.05) is 18.9 Å². The third-order valence-corrected chi connectivity index (χ3v) is 7.05. The molecule has 2 fully saturated rings. The highest BCUT2D eigenvalue weighted by Crippen LogP contribution is 2.44. The van der Waals surface area contributed by atoms with E-state index >= 15 is 0 Å². The summed E-state index contributed by atoms with van der Waals surface area (Å²) in [7, 11) is 1.15. The number of carbonyl (C=O) groups is 5. The van der Waals surface area contributed by atoms with Crippen LogP contribution >= 0.6 is 0 Å². The number of carbonyl (C=O) groups excluding carboxylic acids is 5. The van der Waals surface area contributed by atoms with Gasteiger partial charge < -0.3 is 14.2 Å². The molecular formula is C27H33FO8. The Labute approximate surface area is 209 Å². The molecule has 0 spiro atoms. The van der Waals surface area contributed by atoms with Crippen molar-refractivity contribution in [2.24, 2.45) is 5.92 Å². The van der Waals surface area contributed by atoms with Gasteiger partial charge in [0.1, 0.15) is 24.2 Å². The number of benzene rings is 1. The quantitative estimate of drug-likeness (QED) is 0.330. The monoisotopic (exact) mass is 504 g/mol. The van der Waals surface area contributed by atoms with Crippen LogP contribution in [0.3, 0.4) is 0 Å². The van der Waals surface area contributed by atoms with Crippen LogP contribution in [0.1, 0.15) is 77.2 Å². The van der Waals surface area contributed by atoms with E-state index in [4.69, 9.17) is 9.47 Å². The van der Waals surface area contributed by atoms with Gasteiger partial charge in [-0.05, 0) is 63.1 Å². The van der Waals surface area contributed by atoms with Gasteiger partial charge in [0.15, 0.2) is 28.7 Å². The van der Waals surface area contributed by atoms with E-state index in [9.17, 15) is 28.4 Å². The molecular weight excluding hydrogens is 471 g/mol. The van der Waals surface area contributed by atoms with Crippen molar-refractivity contribution in [2.75, 3.05) is 7.11 Å². The zero-order chi connectivity index (χ0) is 26.5. The van der Waals surface area contributed by atoms with Gasteiger partial charge in [0.25, 0.3) is 0 Å². The van der Waals surface area contributed by atoms with Gasteiger partial charge in [0.05, 0.1) is 13.5 Å². The van der Waals surface area contributed by atoms with Crippen LogP contribution in [0.25, 0.3) is 0 Å². The summed E-state index contributed by atoms with van der Waals surface area (Å²) >= 11 is 0.